The Hall–Kier alpha value is -1.27. The minimum absolute atomic E-state index is 0.0866. The van der Waals surface area contributed by atoms with Gasteiger partial charge < -0.3 is 9.84 Å². The quantitative estimate of drug-likeness (QED) is 0.899. The fourth-order valence-corrected chi connectivity index (χ4v) is 2.33. The third kappa shape index (κ3) is 3.24. The predicted octanol–water partition coefficient (Wildman–Crippen LogP) is 3.74. The van der Waals surface area contributed by atoms with Crippen LogP contribution in [0, 0.1) is 5.82 Å². The van der Waals surface area contributed by atoms with Gasteiger partial charge in [-0.3, -0.25) is 0 Å². The molecule has 0 aliphatic carbocycles. The number of nitrogens with zero attached hydrogens (tertiary/aromatic N) is 2. The van der Waals surface area contributed by atoms with Crippen molar-refractivity contribution in [1.29, 1.82) is 0 Å². The molecular weight excluding hydrogens is 325 g/mol. The predicted molar refractivity (Wildman–Crippen MR) is 78.9 cm³/mol. The lowest BCUT2D eigenvalue weighted by atomic mass is 10.0. The van der Waals surface area contributed by atoms with Crippen LogP contribution >= 0.6 is 15.9 Å². The molecule has 4 nitrogen and oxygen atoms in total. The third-order valence-electron chi connectivity index (χ3n) is 3.28. The highest BCUT2D eigenvalue weighted by molar-refractivity contribution is 9.10. The smallest absolute Gasteiger partial charge is 0.231 e. The van der Waals surface area contributed by atoms with Crippen LogP contribution in [0.5, 0.6) is 0 Å². The summed E-state index contributed by atoms with van der Waals surface area (Å²) >= 11 is 3.37. The number of rotatable bonds is 5. The Bertz CT molecular complexity index is 588. The van der Waals surface area contributed by atoms with Crippen LogP contribution in [0.4, 0.5) is 4.39 Å². The normalized spacial score (nSPS) is 14.2. The molecule has 1 aromatic heterocycles. The molecule has 0 spiro atoms. The van der Waals surface area contributed by atoms with E-state index in [1.165, 1.54) is 12.1 Å². The Morgan fingerprint density at radius 1 is 1.40 bits per heavy atom. The summed E-state index contributed by atoms with van der Waals surface area (Å²) in [5.74, 6) is 0.693. The second kappa shape index (κ2) is 6.45. The monoisotopic (exact) mass is 341 g/mol. The van der Waals surface area contributed by atoms with Crippen molar-refractivity contribution in [2.75, 3.05) is 6.54 Å². The van der Waals surface area contributed by atoms with E-state index in [1.807, 2.05) is 13.8 Å². The fraction of sp³-hybridized carbons (Fsp3) is 0.429. The van der Waals surface area contributed by atoms with Gasteiger partial charge >= 0.3 is 0 Å². The van der Waals surface area contributed by atoms with Crippen LogP contribution in [0.3, 0.4) is 0 Å². The van der Waals surface area contributed by atoms with Gasteiger partial charge in [0.2, 0.25) is 11.7 Å². The van der Waals surface area contributed by atoms with Gasteiger partial charge in [-0.1, -0.05) is 34.9 Å². The summed E-state index contributed by atoms with van der Waals surface area (Å²) in [6, 6.07) is 4.62. The minimum atomic E-state index is -0.330. The summed E-state index contributed by atoms with van der Waals surface area (Å²) in [5.41, 5.74) is 0.586. The summed E-state index contributed by atoms with van der Waals surface area (Å²) in [6.07, 6.45) is 0. The zero-order valence-electron chi connectivity index (χ0n) is 11.7. The van der Waals surface area contributed by atoms with Gasteiger partial charge in [0.1, 0.15) is 5.82 Å². The van der Waals surface area contributed by atoms with Gasteiger partial charge in [-0.15, -0.1) is 0 Å². The number of aromatic nitrogens is 2. The molecular formula is C14H17BrFN3O. The molecule has 0 bridgehead atoms. The van der Waals surface area contributed by atoms with E-state index in [4.69, 9.17) is 4.52 Å². The summed E-state index contributed by atoms with van der Waals surface area (Å²) < 4.78 is 19.3. The SMILES string of the molecule is CCNC(C)C(C)c1nc(-c2cc(F)ccc2Br)no1. The molecule has 2 aromatic rings. The molecule has 0 aliphatic heterocycles. The second-order valence-corrected chi connectivity index (χ2v) is 5.57. The van der Waals surface area contributed by atoms with Crippen LogP contribution in [-0.2, 0) is 0 Å². The lowest BCUT2D eigenvalue weighted by Gasteiger charge is -2.16. The molecule has 2 unspecified atom stereocenters. The first kappa shape index (κ1) is 15.1. The molecule has 0 radical (unpaired) electrons. The molecule has 0 amide bonds. The molecule has 108 valence electrons. The van der Waals surface area contributed by atoms with E-state index in [0.29, 0.717) is 17.3 Å². The Balaban J connectivity index is 2.26. The number of nitrogens with one attached hydrogen (secondary N) is 1. The van der Waals surface area contributed by atoms with Crippen molar-refractivity contribution in [3.8, 4) is 11.4 Å². The van der Waals surface area contributed by atoms with Crippen molar-refractivity contribution in [2.45, 2.75) is 32.7 Å². The van der Waals surface area contributed by atoms with Crippen molar-refractivity contribution in [1.82, 2.24) is 15.5 Å². The van der Waals surface area contributed by atoms with Crippen LogP contribution in [0.25, 0.3) is 11.4 Å². The fourth-order valence-electron chi connectivity index (χ4n) is 1.91. The number of halogens is 2. The van der Waals surface area contributed by atoms with E-state index in [-0.39, 0.29) is 17.8 Å². The molecule has 0 saturated heterocycles. The van der Waals surface area contributed by atoms with E-state index >= 15 is 0 Å². The first-order valence-electron chi connectivity index (χ1n) is 6.55. The van der Waals surface area contributed by atoms with Gasteiger partial charge in [-0.25, -0.2) is 4.39 Å². The van der Waals surface area contributed by atoms with Crippen LogP contribution < -0.4 is 5.32 Å². The van der Waals surface area contributed by atoms with Crippen LogP contribution in [-0.4, -0.2) is 22.7 Å². The average Bonchev–Trinajstić information content (AvgIpc) is 2.90. The van der Waals surface area contributed by atoms with E-state index in [0.717, 1.165) is 11.0 Å². The maximum absolute atomic E-state index is 13.3. The Kier molecular flexibility index (Phi) is 4.88. The van der Waals surface area contributed by atoms with Gasteiger partial charge in [0.05, 0.1) is 5.92 Å². The first-order chi connectivity index (χ1) is 9.52. The van der Waals surface area contributed by atoms with Crippen LogP contribution in [0.2, 0.25) is 0 Å². The molecule has 20 heavy (non-hydrogen) atoms. The molecule has 0 saturated carbocycles. The second-order valence-electron chi connectivity index (χ2n) is 4.72. The zero-order valence-corrected chi connectivity index (χ0v) is 13.2. The summed E-state index contributed by atoms with van der Waals surface area (Å²) in [4.78, 5) is 4.37. The van der Waals surface area contributed by atoms with E-state index in [2.05, 4.69) is 38.3 Å². The average molecular weight is 342 g/mol. The Morgan fingerprint density at radius 3 is 2.85 bits per heavy atom. The summed E-state index contributed by atoms with van der Waals surface area (Å²) in [7, 11) is 0. The minimum Gasteiger partial charge on any atom is -0.339 e. The van der Waals surface area contributed by atoms with Gasteiger partial charge in [-0.2, -0.15) is 4.98 Å². The third-order valence-corrected chi connectivity index (χ3v) is 3.97. The largest absolute Gasteiger partial charge is 0.339 e. The molecule has 2 rings (SSSR count). The maximum Gasteiger partial charge on any atom is 0.231 e. The lowest BCUT2D eigenvalue weighted by Crippen LogP contribution is -2.30. The zero-order chi connectivity index (χ0) is 14.7. The van der Waals surface area contributed by atoms with Crippen LogP contribution in [0.15, 0.2) is 27.2 Å². The Morgan fingerprint density at radius 2 is 2.15 bits per heavy atom. The Labute approximate surface area is 125 Å². The number of hydrogen-bond acceptors (Lipinski definition) is 4. The number of likely N-dealkylation sites (N-methyl/N-ethyl adjacent to an activating group) is 1. The molecule has 1 aromatic carbocycles. The highest BCUT2D eigenvalue weighted by atomic mass is 79.9. The van der Waals surface area contributed by atoms with Crippen molar-refractivity contribution < 1.29 is 8.91 Å². The molecule has 0 aliphatic rings. The van der Waals surface area contributed by atoms with Gasteiger partial charge in [-0.05, 0) is 31.7 Å². The highest BCUT2D eigenvalue weighted by Crippen LogP contribution is 2.28. The van der Waals surface area contributed by atoms with E-state index in [1.54, 1.807) is 6.07 Å². The standard InChI is InChI=1S/C14H17BrFN3O/c1-4-17-9(3)8(2)14-18-13(19-20-14)11-7-10(16)5-6-12(11)15/h5-9,17H,4H2,1-3H3. The molecule has 0 fully saturated rings. The van der Waals surface area contributed by atoms with Crippen molar-refractivity contribution >= 4 is 15.9 Å². The van der Waals surface area contributed by atoms with E-state index in [9.17, 15) is 4.39 Å². The van der Waals surface area contributed by atoms with Gasteiger partial charge in [0.15, 0.2) is 0 Å². The van der Waals surface area contributed by atoms with Gasteiger partial charge in [0.25, 0.3) is 0 Å². The summed E-state index contributed by atoms with van der Waals surface area (Å²) in [6.45, 7) is 7.01. The first-order valence-corrected chi connectivity index (χ1v) is 7.34. The van der Waals surface area contributed by atoms with Crippen molar-refractivity contribution in [2.24, 2.45) is 0 Å². The highest BCUT2D eigenvalue weighted by Gasteiger charge is 2.21. The number of hydrogen-bond donors (Lipinski definition) is 1. The summed E-state index contributed by atoms with van der Waals surface area (Å²) in [5, 5.41) is 7.26. The molecule has 6 heteroatoms. The molecule has 1 heterocycles. The lowest BCUT2D eigenvalue weighted by molar-refractivity contribution is 0.332. The molecule has 2 atom stereocenters. The number of benzene rings is 1. The van der Waals surface area contributed by atoms with E-state index < -0.39 is 0 Å². The maximum atomic E-state index is 13.3. The van der Waals surface area contributed by atoms with Gasteiger partial charge in [0, 0.05) is 16.1 Å². The van der Waals surface area contributed by atoms with Crippen LogP contribution in [0.1, 0.15) is 32.6 Å². The van der Waals surface area contributed by atoms with Crippen molar-refractivity contribution in [3.05, 3.63) is 34.4 Å². The van der Waals surface area contributed by atoms with Crippen molar-refractivity contribution in [3.63, 3.8) is 0 Å². The topological polar surface area (TPSA) is 51.0 Å². The molecule has 1 N–H and O–H groups in total.